The van der Waals surface area contributed by atoms with Crippen LogP contribution in [0.4, 0.5) is 0 Å². The predicted octanol–water partition coefficient (Wildman–Crippen LogP) is 2.47. The smallest absolute Gasteiger partial charge is 0.0521 e. The summed E-state index contributed by atoms with van der Waals surface area (Å²) in [6.45, 7) is 10.9. The Morgan fingerprint density at radius 3 is 2.69 bits per heavy atom. The highest BCUT2D eigenvalue weighted by Gasteiger charge is 2.04. The van der Waals surface area contributed by atoms with Crippen molar-refractivity contribution in [3.8, 4) is 0 Å². The second-order valence-electron chi connectivity index (χ2n) is 4.91. The van der Waals surface area contributed by atoms with Crippen molar-refractivity contribution >= 4 is 0 Å². The normalized spacial score (nSPS) is 13.3. The lowest BCUT2D eigenvalue weighted by atomic mass is 10.0. The van der Waals surface area contributed by atoms with Crippen molar-refractivity contribution in [3.05, 3.63) is 18.0 Å². The minimum absolute atomic E-state index is 0.588. The third-order valence-electron chi connectivity index (χ3n) is 2.81. The van der Waals surface area contributed by atoms with Crippen molar-refractivity contribution in [3.63, 3.8) is 0 Å². The van der Waals surface area contributed by atoms with Gasteiger partial charge in [0.25, 0.3) is 0 Å². The maximum Gasteiger partial charge on any atom is 0.0521 e. The Balaban J connectivity index is 2.23. The zero-order valence-corrected chi connectivity index (χ0v) is 11.0. The third kappa shape index (κ3) is 4.79. The van der Waals surface area contributed by atoms with E-state index in [1.165, 1.54) is 12.0 Å². The molecule has 1 aromatic heterocycles. The van der Waals surface area contributed by atoms with Crippen LogP contribution in [0.15, 0.2) is 12.4 Å². The first-order chi connectivity index (χ1) is 7.61. The summed E-state index contributed by atoms with van der Waals surface area (Å²) in [5.74, 6) is 0.729. The maximum atomic E-state index is 4.29. The van der Waals surface area contributed by atoms with Crippen LogP contribution in [-0.4, -0.2) is 22.4 Å². The van der Waals surface area contributed by atoms with Gasteiger partial charge in [-0.05, 0) is 37.8 Å². The molecule has 1 unspecified atom stereocenters. The Morgan fingerprint density at radius 1 is 1.38 bits per heavy atom. The Bertz CT molecular complexity index is 291. The number of aromatic nitrogens is 2. The van der Waals surface area contributed by atoms with Crippen LogP contribution in [-0.2, 0) is 13.0 Å². The molecule has 1 aromatic rings. The second kappa shape index (κ2) is 6.69. The number of hydrogen-bond acceptors (Lipinski definition) is 2. The summed E-state index contributed by atoms with van der Waals surface area (Å²) in [6.07, 6.45) is 6.52. The topological polar surface area (TPSA) is 29.9 Å². The van der Waals surface area contributed by atoms with Crippen molar-refractivity contribution in [2.45, 2.75) is 53.1 Å². The molecule has 0 aliphatic heterocycles. The minimum atomic E-state index is 0.588. The van der Waals surface area contributed by atoms with E-state index in [0.717, 1.165) is 25.4 Å². The summed E-state index contributed by atoms with van der Waals surface area (Å²) in [5.41, 5.74) is 1.36. The van der Waals surface area contributed by atoms with E-state index in [1.54, 1.807) is 0 Å². The van der Waals surface area contributed by atoms with Gasteiger partial charge >= 0.3 is 0 Å². The van der Waals surface area contributed by atoms with Gasteiger partial charge < -0.3 is 5.32 Å². The summed E-state index contributed by atoms with van der Waals surface area (Å²) in [6, 6.07) is 0.588. The molecule has 1 atom stereocenters. The Morgan fingerprint density at radius 2 is 2.12 bits per heavy atom. The fraction of sp³-hybridized carbons (Fsp3) is 0.769. The quantitative estimate of drug-likeness (QED) is 0.769. The molecular formula is C13H25N3. The number of aryl methyl sites for hydroxylation is 2. The standard InChI is InChI=1S/C13H25N3/c1-5-16-10-13(9-15-16)7-6-12(4)8-14-11(2)3/h9-12,14H,5-8H2,1-4H3. The van der Waals surface area contributed by atoms with Gasteiger partial charge in [0.1, 0.15) is 0 Å². The summed E-state index contributed by atoms with van der Waals surface area (Å²) >= 11 is 0. The minimum Gasteiger partial charge on any atom is -0.314 e. The SMILES string of the molecule is CCn1cc(CCC(C)CNC(C)C)cn1. The van der Waals surface area contributed by atoms with Crippen molar-refractivity contribution in [2.24, 2.45) is 5.92 Å². The van der Waals surface area contributed by atoms with Gasteiger partial charge in [0, 0.05) is 18.8 Å². The van der Waals surface area contributed by atoms with E-state index in [4.69, 9.17) is 0 Å². The average Bonchev–Trinajstić information content (AvgIpc) is 2.71. The molecule has 1 N–H and O–H groups in total. The van der Waals surface area contributed by atoms with E-state index >= 15 is 0 Å². The van der Waals surface area contributed by atoms with Crippen LogP contribution in [0.2, 0.25) is 0 Å². The molecule has 3 nitrogen and oxygen atoms in total. The molecule has 0 spiro atoms. The first-order valence-corrected chi connectivity index (χ1v) is 6.36. The van der Waals surface area contributed by atoms with Crippen LogP contribution in [0.3, 0.4) is 0 Å². The molecule has 92 valence electrons. The zero-order valence-electron chi connectivity index (χ0n) is 11.0. The molecule has 0 saturated heterocycles. The molecule has 0 fully saturated rings. The van der Waals surface area contributed by atoms with Gasteiger partial charge in [0.15, 0.2) is 0 Å². The fourth-order valence-electron chi connectivity index (χ4n) is 1.66. The van der Waals surface area contributed by atoms with Crippen molar-refractivity contribution in [1.82, 2.24) is 15.1 Å². The molecule has 1 heterocycles. The molecule has 0 saturated carbocycles. The number of hydrogen-bond donors (Lipinski definition) is 1. The van der Waals surface area contributed by atoms with Gasteiger partial charge in [-0.2, -0.15) is 5.10 Å². The largest absolute Gasteiger partial charge is 0.314 e. The van der Waals surface area contributed by atoms with E-state index in [2.05, 4.69) is 44.3 Å². The first kappa shape index (κ1) is 13.2. The number of nitrogens with zero attached hydrogens (tertiary/aromatic N) is 2. The molecular weight excluding hydrogens is 198 g/mol. The Labute approximate surface area is 99.2 Å². The number of rotatable bonds is 7. The lowest BCUT2D eigenvalue weighted by molar-refractivity contribution is 0.453. The molecule has 0 radical (unpaired) electrons. The highest BCUT2D eigenvalue weighted by molar-refractivity contribution is 5.03. The maximum absolute atomic E-state index is 4.29. The van der Waals surface area contributed by atoms with Gasteiger partial charge in [0.2, 0.25) is 0 Å². The van der Waals surface area contributed by atoms with Crippen molar-refractivity contribution in [1.29, 1.82) is 0 Å². The van der Waals surface area contributed by atoms with Gasteiger partial charge in [-0.1, -0.05) is 20.8 Å². The summed E-state index contributed by atoms with van der Waals surface area (Å²) < 4.78 is 1.99. The second-order valence-corrected chi connectivity index (χ2v) is 4.91. The van der Waals surface area contributed by atoms with E-state index in [1.807, 2.05) is 10.9 Å². The van der Waals surface area contributed by atoms with Crippen LogP contribution in [0, 0.1) is 5.92 Å². The van der Waals surface area contributed by atoms with E-state index < -0.39 is 0 Å². The monoisotopic (exact) mass is 223 g/mol. The summed E-state index contributed by atoms with van der Waals surface area (Å²) in [5, 5.41) is 7.76. The Hall–Kier alpha value is -0.830. The summed E-state index contributed by atoms with van der Waals surface area (Å²) in [4.78, 5) is 0. The fourth-order valence-corrected chi connectivity index (χ4v) is 1.66. The van der Waals surface area contributed by atoms with Gasteiger partial charge in [-0.15, -0.1) is 0 Å². The molecule has 0 amide bonds. The van der Waals surface area contributed by atoms with Crippen LogP contribution < -0.4 is 5.32 Å². The highest BCUT2D eigenvalue weighted by atomic mass is 15.3. The van der Waals surface area contributed by atoms with Crippen molar-refractivity contribution < 1.29 is 0 Å². The molecule has 0 aliphatic carbocycles. The lowest BCUT2D eigenvalue weighted by Crippen LogP contribution is -2.27. The lowest BCUT2D eigenvalue weighted by Gasteiger charge is -2.14. The molecule has 0 aromatic carbocycles. The van der Waals surface area contributed by atoms with E-state index in [0.29, 0.717) is 6.04 Å². The van der Waals surface area contributed by atoms with Gasteiger partial charge in [0.05, 0.1) is 6.20 Å². The van der Waals surface area contributed by atoms with Crippen molar-refractivity contribution in [2.75, 3.05) is 6.54 Å². The molecule has 0 bridgehead atoms. The number of nitrogens with one attached hydrogen (secondary N) is 1. The highest BCUT2D eigenvalue weighted by Crippen LogP contribution is 2.08. The van der Waals surface area contributed by atoms with Crippen LogP contribution in [0.25, 0.3) is 0 Å². The van der Waals surface area contributed by atoms with E-state index in [-0.39, 0.29) is 0 Å². The van der Waals surface area contributed by atoms with Gasteiger partial charge in [-0.25, -0.2) is 0 Å². The average molecular weight is 223 g/mol. The molecule has 16 heavy (non-hydrogen) atoms. The van der Waals surface area contributed by atoms with Gasteiger partial charge in [-0.3, -0.25) is 4.68 Å². The van der Waals surface area contributed by atoms with Crippen LogP contribution in [0.1, 0.15) is 39.7 Å². The van der Waals surface area contributed by atoms with E-state index in [9.17, 15) is 0 Å². The summed E-state index contributed by atoms with van der Waals surface area (Å²) in [7, 11) is 0. The zero-order chi connectivity index (χ0) is 12.0. The molecule has 3 heteroatoms. The third-order valence-corrected chi connectivity index (χ3v) is 2.81. The predicted molar refractivity (Wildman–Crippen MR) is 68.5 cm³/mol. The van der Waals surface area contributed by atoms with Crippen LogP contribution in [0.5, 0.6) is 0 Å². The molecule has 0 aliphatic rings. The molecule has 1 rings (SSSR count). The van der Waals surface area contributed by atoms with Crippen LogP contribution >= 0.6 is 0 Å². The first-order valence-electron chi connectivity index (χ1n) is 6.36. The Kier molecular flexibility index (Phi) is 5.53.